The molecule has 5 nitrogen and oxygen atoms in total. The average molecular weight is 562 g/mol. The van der Waals surface area contributed by atoms with Gasteiger partial charge in [0.15, 0.2) is 0 Å². The summed E-state index contributed by atoms with van der Waals surface area (Å²) >= 11 is 14.9. The first kappa shape index (κ1) is 26.1. The number of rotatable bonds is 7. The molecular weight excluding hydrogens is 531 g/mol. The van der Waals surface area contributed by atoms with Crippen LogP contribution in [0.2, 0.25) is 0 Å². The Hall–Kier alpha value is -3.15. The molecule has 3 aliphatic carbocycles. The van der Waals surface area contributed by atoms with Gasteiger partial charge in [0.2, 0.25) is 17.7 Å². The maximum atomic E-state index is 13.8. The Balaban J connectivity index is 1.15. The molecule has 3 amide bonds. The van der Waals surface area contributed by atoms with E-state index >= 15 is 0 Å². The molecule has 2 bridgehead atoms. The minimum atomic E-state index is -1.15. The zero-order chi connectivity index (χ0) is 27.5. The fourth-order valence-corrected chi connectivity index (χ4v) is 8.05. The van der Waals surface area contributed by atoms with Gasteiger partial charge in [-0.1, -0.05) is 61.0 Å². The average Bonchev–Trinajstić information content (AvgIpc) is 3.17. The van der Waals surface area contributed by atoms with E-state index in [9.17, 15) is 14.4 Å². The van der Waals surface area contributed by atoms with Crippen molar-refractivity contribution in [1.29, 1.82) is 0 Å². The number of benzene rings is 3. The summed E-state index contributed by atoms with van der Waals surface area (Å²) in [5.74, 6) is -2.10. The Morgan fingerprint density at radius 3 is 1.69 bits per heavy atom. The van der Waals surface area contributed by atoms with Crippen molar-refractivity contribution in [3.63, 3.8) is 0 Å². The number of hydrogen-bond acceptors (Lipinski definition) is 3. The van der Waals surface area contributed by atoms with Crippen molar-refractivity contribution < 1.29 is 14.4 Å². The van der Waals surface area contributed by atoms with Crippen LogP contribution in [-0.2, 0) is 24.1 Å². The lowest BCUT2D eigenvalue weighted by Crippen LogP contribution is -2.57. The fraction of sp³-hybridized carbons (Fsp3) is 0.344. The number of hydrogen-bond donors (Lipinski definition) is 1. The van der Waals surface area contributed by atoms with Crippen molar-refractivity contribution in [3.8, 4) is 0 Å². The number of aryl methyl sites for hydroxylation is 2. The second kappa shape index (κ2) is 9.50. The third kappa shape index (κ3) is 3.85. The van der Waals surface area contributed by atoms with Crippen LogP contribution in [0.3, 0.4) is 0 Å². The van der Waals surface area contributed by atoms with Gasteiger partial charge >= 0.3 is 0 Å². The Morgan fingerprint density at radius 2 is 1.23 bits per heavy atom. The minimum absolute atomic E-state index is 0.0420. The number of nitrogens with one attached hydrogen (secondary N) is 1. The van der Waals surface area contributed by atoms with E-state index in [1.165, 1.54) is 4.90 Å². The molecule has 200 valence electrons. The molecule has 1 heterocycles. The van der Waals surface area contributed by atoms with Gasteiger partial charge in [0.1, 0.15) is 9.75 Å². The van der Waals surface area contributed by atoms with Crippen LogP contribution in [0, 0.1) is 25.7 Å². The van der Waals surface area contributed by atoms with Gasteiger partial charge in [-0.05, 0) is 72.2 Å². The van der Waals surface area contributed by atoms with Crippen molar-refractivity contribution in [2.75, 3.05) is 11.9 Å². The van der Waals surface area contributed by atoms with Crippen LogP contribution in [0.4, 0.5) is 5.69 Å². The second-order valence-corrected chi connectivity index (χ2v) is 12.2. The first-order valence-corrected chi connectivity index (χ1v) is 14.2. The van der Waals surface area contributed by atoms with E-state index in [2.05, 4.69) is 11.4 Å². The van der Waals surface area contributed by atoms with Gasteiger partial charge in [-0.2, -0.15) is 0 Å². The smallest absolute Gasteiger partial charge is 0.235 e. The number of alkyl halides is 2. The summed E-state index contributed by atoms with van der Waals surface area (Å²) in [6.07, 6.45) is 2.36. The Labute approximate surface area is 238 Å². The zero-order valence-corrected chi connectivity index (χ0v) is 23.5. The number of anilines is 1. The fourth-order valence-electron chi connectivity index (χ4n) is 6.95. The van der Waals surface area contributed by atoms with Crippen LogP contribution < -0.4 is 5.32 Å². The summed E-state index contributed by atoms with van der Waals surface area (Å²) in [7, 11) is 0. The van der Waals surface area contributed by atoms with Crippen molar-refractivity contribution in [1.82, 2.24) is 4.90 Å². The normalized spacial score (nSPS) is 26.3. The topological polar surface area (TPSA) is 66.5 Å². The summed E-state index contributed by atoms with van der Waals surface area (Å²) in [4.78, 5) is 39.2. The third-order valence-corrected chi connectivity index (χ3v) is 9.75. The number of carbonyl (C=O) groups is 3. The van der Waals surface area contributed by atoms with Crippen LogP contribution in [0.1, 0.15) is 59.1 Å². The lowest BCUT2D eigenvalue weighted by molar-refractivity contribution is -0.140. The summed E-state index contributed by atoms with van der Waals surface area (Å²) in [6, 6.07) is 21.3. The van der Waals surface area contributed by atoms with Gasteiger partial charge in [-0.15, -0.1) is 23.2 Å². The number of imide groups is 1. The maximum Gasteiger partial charge on any atom is 0.235 e. The molecule has 39 heavy (non-hydrogen) atoms. The molecule has 2 atom stereocenters. The summed E-state index contributed by atoms with van der Waals surface area (Å²) in [5.41, 5.74) is 6.22. The highest BCUT2D eigenvalue weighted by molar-refractivity contribution is 6.36. The number of unbranched alkanes of at least 4 members (excludes halogenated alkanes) is 2. The highest BCUT2D eigenvalue weighted by Gasteiger charge is 2.72. The first-order chi connectivity index (χ1) is 18.7. The number of nitrogens with zero attached hydrogens (tertiary/aromatic N) is 1. The Bertz CT molecular complexity index is 1380. The molecule has 0 radical (unpaired) electrons. The van der Waals surface area contributed by atoms with E-state index in [0.29, 0.717) is 25.7 Å². The minimum Gasteiger partial charge on any atom is -0.326 e. The van der Waals surface area contributed by atoms with E-state index < -0.39 is 21.6 Å². The highest BCUT2D eigenvalue weighted by atomic mass is 35.5. The van der Waals surface area contributed by atoms with Gasteiger partial charge in [0, 0.05) is 18.7 Å². The molecule has 0 saturated carbocycles. The van der Waals surface area contributed by atoms with Gasteiger partial charge in [-0.25, -0.2) is 0 Å². The number of likely N-dealkylation sites (tertiary alicyclic amines) is 1. The lowest BCUT2D eigenvalue weighted by Gasteiger charge is -2.54. The van der Waals surface area contributed by atoms with Gasteiger partial charge in [-0.3, -0.25) is 19.3 Å². The van der Waals surface area contributed by atoms with Crippen LogP contribution in [0.5, 0.6) is 0 Å². The van der Waals surface area contributed by atoms with E-state index in [0.717, 1.165) is 39.1 Å². The van der Waals surface area contributed by atoms with Crippen LogP contribution in [0.15, 0.2) is 66.7 Å². The largest absolute Gasteiger partial charge is 0.326 e. The molecule has 1 N–H and O–H groups in total. The zero-order valence-electron chi connectivity index (χ0n) is 22.0. The molecular formula is C32H30Cl2N2O3. The van der Waals surface area contributed by atoms with E-state index in [1.807, 2.05) is 74.5 Å². The molecule has 7 heteroatoms. The number of amides is 3. The van der Waals surface area contributed by atoms with Gasteiger partial charge in [0.25, 0.3) is 0 Å². The third-order valence-electron chi connectivity index (χ3n) is 8.47. The van der Waals surface area contributed by atoms with E-state index in [4.69, 9.17) is 23.2 Å². The maximum absolute atomic E-state index is 13.8. The highest BCUT2D eigenvalue weighted by Crippen LogP contribution is 2.69. The molecule has 1 aliphatic heterocycles. The monoisotopic (exact) mass is 560 g/mol. The van der Waals surface area contributed by atoms with Crippen LogP contribution in [0.25, 0.3) is 0 Å². The molecule has 1 saturated heterocycles. The van der Waals surface area contributed by atoms with E-state index in [-0.39, 0.29) is 24.3 Å². The van der Waals surface area contributed by atoms with Gasteiger partial charge < -0.3 is 5.32 Å². The lowest BCUT2D eigenvalue weighted by atomic mass is 9.54. The molecule has 3 aromatic carbocycles. The predicted octanol–water partition coefficient (Wildman–Crippen LogP) is 6.40. The number of halogens is 2. The molecule has 4 aliphatic rings. The molecule has 0 spiro atoms. The quantitative estimate of drug-likeness (QED) is 0.206. The van der Waals surface area contributed by atoms with Crippen molar-refractivity contribution in [3.05, 3.63) is 100 Å². The summed E-state index contributed by atoms with van der Waals surface area (Å²) in [5, 5.41) is 2.96. The predicted molar refractivity (Wildman–Crippen MR) is 153 cm³/mol. The summed E-state index contributed by atoms with van der Waals surface area (Å²) < 4.78 is 0. The first-order valence-electron chi connectivity index (χ1n) is 13.5. The van der Waals surface area contributed by atoms with Crippen LogP contribution in [-0.4, -0.2) is 29.2 Å². The van der Waals surface area contributed by atoms with E-state index in [1.54, 1.807) is 0 Å². The molecule has 3 aromatic rings. The Kier molecular flexibility index (Phi) is 6.35. The molecule has 0 unspecified atom stereocenters. The van der Waals surface area contributed by atoms with Crippen molar-refractivity contribution in [2.24, 2.45) is 11.8 Å². The van der Waals surface area contributed by atoms with Crippen LogP contribution >= 0.6 is 23.2 Å². The second-order valence-electron chi connectivity index (χ2n) is 11.0. The molecule has 0 aromatic heterocycles. The standard InChI is InChI=1S/C32H30Cl2N2O3/c1-19-16-20(2)18-21(17-19)35-26(37)14-4-3-9-15-36-29(38)27-28(30(36)39)32(34)23-11-6-5-10-22(23)31(27,33)24-12-7-8-13-25(24)32/h5-8,10-13,16-18,27-28H,3-4,9,14-15H2,1-2H3,(H,35,37)/t27-,28-,31?,32?/m0/s1. The summed E-state index contributed by atoms with van der Waals surface area (Å²) in [6.45, 7) is 4.29. The molecule has 7 rings (SSSR count). The SMILES string of the molecule is Cc1cc(C)cc(NC(=O)CCCCCN2C(=O)[C@@H]3[C@@H](C2=O)C2(Cl)c4ccccc4C3(Cl)c3ccccc32)c1. The Morgan fingerprint density at radius 1 is 0.769 bits per heavy atom. The van der Waals surface area contributed by atoms with Crippen molar-refractivity contribution >= 4 is 46.6 Å². The van der Waals surface area contributed by atoms with Crippen molar-refractivity contribution in [2.45, 2.75) is 49.3 Å². The van der Waals surface area contributed by atoms with Gasteiger partial charge in [0.05, 0.1) is 11.8 Å². The number of carbonyl (C=O) groups excluding carboxylic acids is 3. The molecule has 1 fully saturated rings.